The van der Waals surface area contributed by atoms with Crippen LogP contribution in [0.5, 0.6) is 0 Å². The van der Waals surface area contributed by atoms with Crippen LogP contribution in [0.3, 0.4) is 0 Å². The van der Waals surface area contributed by atoms with Crippen LogP contribution in [-0.4, -0.2) is 0 Å². The fraction of sp³-hybridized carbons (Fsp3) is 0.520. The Hall–Kier alpha value is -1.56. The van der Waals surface area contributed by atoms with E-state index in [-0.39, 0.29) is 10.8 Å². The van der Waals surface area contributed by atoms with Gasteiger partial charge in [-0.2, -0.15) is 0 Å². The highest BCUT2D eigenvalue weighted by Gasteiger charge is 2.50. The quantitative estimate of drug-likeness (QED) is 0.456. The Balaban J connectivity index is 2.02. The van der Waals surface area contributed by atoms with E-state index >= 15 is 0 Å². The molecule has 1 aromatic carbocycles. The molecule has 0 saturated heterocycles. The smallest absolute Gasteiger partial charge is 0.00410 e. The van der Waals surface area contributed by atoms with Crippen LogP contribution in [0.25, 0.3) is 0 Å². The minimum Gasteiger partial charge on any atom is -0.0955 e. The van der Waals surface area contributed by atoms with Crippen LogP contribution in [0.1, 0.15) is 69.6 Å². The van der Waals surface area contributed by atoms with Crippen molar-refractivity contribution < 1.29 is 0 Å². The van der Waals surface area contributed by atoms with E-state index in [0.29, 0.717) is 5.92 Å². The molecule has 0 nitrogen and oxygen atoms in total. The van der Waals surface area contributed by atoms with Gasteiger partial charge in [0.1, 0.15) is 0 Å². The zero-order valence-corrected chi connectivity index (χ0v) is 16.4. The Bertz CT molecular complexity index is 786. The van der Waals surface area contributed by atoms with Crippen LogP contribution in [0, 0.1) is 18.3 Å². The Labute approximate surface area is 153 Å². The van der Waals surface area contributed by atoms with Crippen LogP contribution >= 0.6 is 0 Å². The van der Waals surface area contributed by atoms with Crippen LogP contribution in [0.4, 0.5) is 0 Å². The predicted octanol–water partition coefficient (Wildman–Crippen LogP) is 6.84. The Kier molecular flexibility index (Phi) is 3.87. The van der Waals surface area contributed by atoms with Crippen molar-refractivity contribution >= 4 is 0 Å². The average Bonchev–Trinajstić information content (AvgIpc) is 2.63. The molecule has 3 aliphatic rings. The lowest BCUT2D eigenvalue weighted by Gasteiger charge is -2.51. The summed E-state index contributed by atoms with van der Waals surface area (Å²) in [7, 11) is 0. The highest BCUT2D eigenvalue weighted by Crippen LogP contribution is 2.57. The molecule has 0 spiro atoms. The monoisotopic (exact) mass is 332 g/mol. The first-order chi connectivity index (χ1) is 11.8. The molecule has 0 amide bonds. The maximum atomic E-state index is 4.49. The van der Waals surface area contributed by atoms with Gasteiger partial charge in [0.2, 0.25) is 0 Å². The number of fused-ring (bicyclic) bond motifs is 1. The topological polar surface area (TPSA) is 0 Å². The first-order valence-electron chi connectivity index (χ1n) is 9.98. The standard InChI is InChI=1S/C25H32/c1-17-10-11-19-15-20-16-21-9-7-6-8-18(2)22(20)12-13-25(21,5)24(3,4)23(19)14-17/h7,9-11,14,21H,2,6,8,12-13,15-16H2,1,3-5H3/b9-7-. The maximum Gasteiger partial charge on any atom is -0.00410 e. The van der Waals surface area contributed by atoms with Crippen molar-refractivity contribution in [2.24, 2.45) is 11.3 Å². The zero-order chi connectivity index (χ0) is 17.8. The van der Waals surface area contributed by atoms with Gasteiger partial charge in [-0.25, -0.2) is 0 Å². The lowest BCUT2D eigenvalue weighted by molar-refractivity contribution is 0.0956. The summed E-state index contributed by atoms with van der Waals surface area (Å²) in [6.07, 6.45) is 12.1. The summed E-state index contributed by atoms with van der Waals surface area (Å²) in [5, 5.41) is 0. The van der Waals surface area contributed by atoms with Gasteiger partial charge in [-0.05, 0) is 78.9 Å². The van der Waals surface area contributed by atoms with Crippen LogP contribution < -0.4 is 0 Å². The molecule has 2 atom stereocenters. The van der Waals surface area contributed by atoms with E-state index in [1.807, 2.05) is 0 Å². The van der Waals surface area contributed by atoms with Crippen molar-refractivity contribution in [1.29, 1.82) is 0 Å². The largest absolute Gasteiger partial charge is 0.0955 e. The molecule has 4 rings (SSSR count). The molecule has 132 valence electrons. The second kappa shape index (κ2) is 5.73. The number of benzene rings is 1. The molecule has 0 aliphatic heterocycles. The van der Waals surface area contributed by atoms with Gasteiger partial charge in [0.15, 0.2) is 0 Å². The van der Waals surface area contributed by atoms with Gasteiger partial charge in [0, 0.05) is 0 Å². The number of rotatable bonds is 0. The predicted molar refractivity (Wildman–Crippen MR) is 108 cm³/mol. The molecule has 0 radical (unpaired) electrons. The third-order valence-corrected chi connectivity index (χ3v) is 7.78. The van der Waals surface area contributed by atoms with Gasteiger partial charge in [-0.15, -0.1) is 0 Å². The van der Waals surface area contributed by atoms with E-state index < -0.39 is 0 Å². The average molecular weight is 333 g/mol. The van der Waals surface area contributed by atoms with Gasteiger partial charge in [-0.3, -0.25) is 0 Å². The summed E-state index contributed by atoms with van der Waals surface area (Å²) in [5.41, 5.74) is 9.65. The van der Waals surface area contributed by atoms with E-state index in [2.05, 4.69) is 64.6 Å². The summed E-state index contributed by atoms with van der Waals surface area (Å²) < 4.78 is 0. The maximum absolute atomic E-state index is 4.49. The minimum atomic E-state index is 0.171. The lowest BCUT2D eigenvalue weighted by Crippen LogP contribution is -2.45. The summed E-state index contributed by atoms with van der Waals surface area (Å²) in [6, 6.07) is 7.17. The number of aryl methyl sites for hydroxylation is 1. The molecule has 0 saturated carbocycles. The summed E-state index contributed by atoms with van der Waals surface area (Å²) in [5.74, 6) is 0.634. The molecule has 2 unspecified atom stereocenters. The summed E-state index contributed by atoms with van der Waals surface area (Å²) in [6.45, 7) is 14.3. The molecular weight excluding hydrogens is 300 g/mol. The van der Waals surface area contributed by atoms with Crippen molar-refractivity contribution in [2.45, 2.75) is 71.6 Å². The van der Waals surface area contributed by atoms with Crippen molar-refractivity contribution in [1.82, 2.24) is 0 Å². The highest BCUT2D eigenvalue weighted by atomic mass is 14.5. The van der Waals surface area contributed by atoms with Crippen molar-refractivity contribution in [3.05, 3.63) is 70.3 Å². The zero-order valence-electron chi connectivity index (χ0n) is 16.4. The van der Waals surface area contributed by atoms with E-state index in [1.54, 1.807) is 22.3 Å². The molecule has 0 aromatic heterocycles. The third-order valence-electron chi connectivity index (χ3n) is 7.78. The van der Waals surface area contributed by atoms with E-state index in [9.17, 15) is 0 Å². The summed E-state index contributed by atoms with van der Waals surface area (Å²) in [4.78, 5) is 0. The van der Waals surface area contributed by atoms with Crippen LogP contribution in [0.2, 0.25) is 0 Å². The van der Waals surface area contributed by atoms with Gasteiger partial charge in [0.05, 0.1) is 0 Å². The molecule has 1 aromatic rings. The number of hydrogen-bond donors (Lipinski definition) is 0. The summed E-state index contributed by atoms with van der Waals surface area (Å²) >= 11 is 0. The van der Waals surface area contributed by atoms with Gasteiger partial charge < -0.3 is 0 Å². The molecule has 0 fully saturated rings. The van der Waals surface area contributed by atoms with E-state index in [1.165, 1.54) is 30.4 Å². The second-order valence-electron chi connectivity index (χ2n) is 9.34. The molecule has 25 heavy (non-hydrogen) atoms. The lowest BCUT2D eigenvalue weighted by atomic mass is 9.53. The third kappa shape index (κ3) is 2.48. The first kappa shape index (κ1) is 16.9. The fourth-order valence-corrected chi connectivity index (χ4v) is 5.66. The molecule has 3 aliphatic carbocycles. The fourth-order valence-electron chi connectivity index (χ4n) is 5.66. The Morgan fingerprint density at radius 2 is 1.92 bits per heavy atom. The SMILES string of the molecule is C=C1CC/C=C\C2CC3=C1CCC2(C)C(C)(C)c1cc(C)ccc1C3. The van der Waals surface area contributed by atoms with Gasteiger partial charge in [0.25, 0.3) is 0 Å². The molecule has 0 heteroatoms. The van der Waals surface area contributed by atoms with E-state index in [0.717, 1.165) is 19.3 Å². The molecule has 0 N–H and O–H groups in total. The second-order valence-corrected chi connectivity index (χ2v) is 9.34. The van der Waals surface area contributed by atoms with E-state index in [4.69, 9.17) is 0 Å². The normalized spacial score (nSPS) is 32.2. The van der Waals surface area contributed by atoms with Crippen LogP contribution in [0.15, 0.2) is 53.6 Å². The number of allylic oxidation sites excluding steroid dienone is 5. The van der Waals surface area contributed by atoms with Crippen molar-refractivity contribution in [2.75, 3.05) is 0 Å². The molecule has 0 heterocycles. The van der Waals surface area contributed by atoms with Gasteiger partial charge in [-0.1, -0.05) is 74.4 Å². The Morgan fingerprint density at radius 3 is 2.72 bits per heavy atom. The Morgan fingerprint density at radius 1 is 1.12 bits per heavy atom. The van der Waals surface area contributed by atoms with Crippen molar-refractivity contribution in [3.8, 4) is 0 Å². The number of hydrogen-bond acceptors (Lipinski definition) is 0. The molecule has 4 bridgehead atoms. The van der Waals surface area contributed by atoms with Crippen LogP contribution in [-0.2, 0) is 11.8 Å². The van der Waals surface area contributed by atoms with Crippen molar-refractivity contribution in [3.63, 3.8) is 0 Å². The minimum absolute atomic E-state index is 0.171. The molecular formula is C25H32. The first-order valence-corrected chi connectivity index (χ1v) is 9.98. The highest BCUT2D eigenvalue weighted by molar-refractivity contribution is 5.47. The van der Waals surface area contributed by atoms with Gasteiger partial charge >= 0.3 is 0 Å².